The van der Waals surface area contributed by atoms with Crippen molar-refractivity contribution in [1.82, 2.24) is 4.98 Å². The number of rotatable bonds is 3. The number of anilines is 1. The highest BCUT2D eigenvalue weighted by molar-refractivity contribution is 7.80. The van der Waals surface area contributed by atoms with Gasteiger partial charge >= 0.3 is 0 Å². The molecule has 0 bridgehead atoms. The number of hydrazone groups is 1. The highest BCUT2D eigenvalue weighted by atomic mass is 32.1. The van der Waals surface area contributed by atoms with Gasteiger partial charge in [0.05, 0.1) is 17.5 Å². The van der Waals surface area contributed by atoms with E-state index in [0.717, 1.165) is 16.6 Å². The quantitative estimate of drug-likeness (QED) is 0.441. The summed E-state index contributed by atoms with van der Waals surface area (Å²) in [5, 5.41) is 6.69. The molecule has 1 aromatic heterocycles. The topological polar surface area (TPSA) is 74.5 Å². The lowest BCUT2D eigenvalue weighted by molar-refractivity contribution is 1.14. The molecule has 0 aliphatic carbocycles. The number of benzene rings is 2. The van der Waals surface area contributed by atoms with Crippen molar-refractivity contribution in [2.45, 2.75) is 0 Å². The zero-order chi connectivity index (χ0) is 16.2. The Hall–Kier alpha value is -2.99. The van der Waals surface area contributed by atoms with Crippen LogP contribution in [0.3, 0.4) is 0 Å². The van der Waals surface area contributed by atoms with Crippen LogP contribution in [-0.4, -0.2) is 16.3 Å². The van der Waals surface area contributed by atoms with Crippen LogP contribution in [0.25, 0.3) is 10.9 Å². The predicted molar refractivity (Wildman–Crippen MR) is 97.9 cm³/mol. The summed E-state index contributed by atoms with van der Waals surface area (Å²) < 4.78 is 0. The van der Waals surface area contributed by atoms with Crippen LogP contribution >= 0.6 is 12.2 Å². The van der Waals surface area contributed by atoms with E-state index in [-0.39, 0.29) is 10.7 Å². The second kappa shape index (κ2) is 6.41. The van der Waals surface area contributed by atoms with Gasteiger partial charge < -0.3 is 10.7 Å². The summed E-state index contributed by atoms with van der Waals surface area (Å²) in [6, 6.07) is 18.6. The van der Waals surface area contributed by atoms with Crippen molar-refractivity contribution >= 4 is 40.1 Å². The van der Waals surface area contributed by atoms with E-state index in [2.05, 4.69) is 10.1 Å². The van der Waals surface area contributed by atoms with Gasteiger partial charge in [0.15, 0.2) is 5.11 Å². The normalized spacial score (nSPS) is 11.0. The smallest absolute Gasteiger partial charge is 0.257 e. The summed E-state index contributed by atoms with van der Waals surface area (Å²) in [5.74, 6) is 0. The number of aromatic nitrogens is 1. The third-order valence-corrected chi connectivity index (χ3v) is 3.48. The first-order valence-electron chi connectivity index (χ1n) is 6.96. The number of pyridine rings is 1. The zero-order valence-corrected chi connectivity index (χ0v) is 13.0. The van der Waals surface area contributed by atoms with Crippen molar-refractivity contribution < 1.29 is 0 Å². The molecule has 0 saturated carbocycles. The first-order valence-corrected chi connectivity index (χ1v) is 7.36. The van der Waals surface area contributed by atoms with E-state index < -0.39 is 0 Å². The molecule has 114 valence electrons. The Balaban J connectivity index is 1.99. The van der Waals surface area contributed by atoms with Gasteiger partial charge in [-0.1, -0.05) is 36.4 Å². The minimum absolute atomic E-state index is 0.102. The van der Waals surface area contributed by atoms with Gasteiger partial charge in [0.2, 0.25) is 0 Å². The number of hydrogen-bond donors (Lipinski definition) is 2. The van der Waals surface area contributed by atoms with Crippen LogP contribution in [0, 0.1) is 0 Å². The molecule has 0 fully saturated rings. The van der Waals surface area contributed by atoms with E-state index in [4.69, 9.17) is 18.0 Å². The van der Waals surface area contributed by atoms with Crippen molar-refractivity contribution in [2.24, 2.45) is 10.8 Å². The molecule has 2 aromatic carbocycles. The van der Waals surface area contributed by atoms with E-state index in [1.807, 2.05) is 54.6 Å². The highest BCUT2D eigenvalue weighted by Crippen LogP contribution is 2.14. The Morgan fingerprint density at radius 1 is 1.13 bits per heavy atom. The maximum atomic E-state index is 12.1. The number of thiocarbonyl (C=S) groups is 1. The number of nitrogens with zero attached hydrogens (tertiary/aromatic N) is 2. The molecule has 3 aromatic rings. The summed E-state index contributed by atoms with van der Waals surface area (Å²) in [5.41, 5.74) is 7.44. The number of hydrogen-bond acceptors (Lipinski definition) is 3. The molecule has 0 aliphatic heterocycles. The Bertz CT molecular complexity index is 934. The van der Waals surface area contributed by atoms with Crippen molar-refractivity contribution in [3.8, 4) is 0 Å². The molecule has 1 heterocycles. The monoisotopic (exact) mass is 322 g/mol. The molecule has 0 amide bonds. The van der Waals surface area contributed by atoms with Gasteiger partial charge in [0, 0.05) is 5.52 Å². The second-order valence-electron chi connectivity index (χ2n) is 4.87. The molecule has 0 aliphatic rings. The van der Waals surface area contributed by atoms with Crippen molar-refractivity contribution in [1.29, 1.82) is 0 Å². The molecular weight excluding hydrogens is 308 g/mol. The molecule has 6 heteroatoms. The highest BCUT2D eigenvalue weighted by Gasteiger charge is 2.07. The fourth-order valence-corrected chi connectivity index (χ4v) is 2.35. The minimum atomic E-state index is -0.219. The van der Waals surface area contributed by atoms with Crippen LogP contribution in [0.5, 0.6) is 0 Å². The SMILES string of the molecule is NC(=S)N(/N=C/c1cc2ccccc2[nH]c1=O)c1ccccc1. The van der Waals surface area contributed by atoms with Gasteiger partial charge in [-0.05, 0) is 41.9 Å². The summed E-state index contributed by atoms with van der Waals surface area (Å²) in [6.07, 6.45) is 1.46. The molecule has 0 atom stereocenters. The lowest BCUT2D eigenvalue weighted by Crippen LogP contribution is -2.31. The molecule has 0 spiro atoms. The average molecular weight is 322 g/mol. The first-order chi connectivity index (χ1) is 11.1. The lowest BCUT2D eigenvalue weighted by atomic mass is 10.2. The summed E-state index contributed by atoms with van der Waals surface area (Å²) in [6.45, 7) is 0. The van der Waals surface area contributed by atoms with Crippen LogP contribution < -0.4 is 16.3 Å². The van der Waals surface area contributed by atoms with Gasteiger partial charge in [-0.25, -0.2) is 5.01 Å². The van der Waals surface area contributed by atoms with Crippen molar-refractivity contribution in [3.63, 3.8) is 0 Å². The van der Waals surface area contributed by atoms with Crippen LogP contribution in [0.1, 0.15) is 5.56 Å². The average Bonchev–Trinajstić information content (AvgIpc) is 2.56. The lowest BCUT2D eigenvalue weighted by Gasteiger charge is -2.16. The van der Waals surface area contributed by atoms with Crippen molar-refractivity contribution in [2.75, 3.05) is 5.01 Å². The molecule has 3 N–H and O–H groups in total. The Morgan fingerprint density at radius 2 is 1.83 bits per heavy atom. The van der Waals surface area contributed by atoms with Gasteiger partial charge in [-0.2, -0.15) is 5.10 Å². The maximum Gasteiger partial charge on any atom is 0.257 e. The standard InChI is InChI=1S/C17H14N4OS/c18-17(23)21(14-7-2-1-3-8-14)19-11-13-10-12-6-4-5-9-15(12)20-16(13)22/h1-11H,(H2,18,23)(H,20,22)/b19-11+. The largest absolute Gasteiger partial charge is 0.374 e. The number of aromatic amines is 1. The number of nitrogens with one attached hydrogen (secondary N) is 1. The van der Waals surface area contributed by atoms with Crippen LogP contribution in [0.2, 0.25) is 0 Å². The third kappa shape index (κ3) is 3.27. The molecule has 0 radical (unpaired) electrons. The molecular formula is C17H14N4OS. The zero-order valence-electron chi connectivity index (χ0n) is 12.1. The summed E-state index contributed by atoms with van der Waals surface area (Å²) in [4.78, 5) is 14.9. The van der Waals surface area contributed by atoms with Gasteiger partial charge in [-0.15, -0.1) is 0 Å². The van der Waals surface area contributed by atoms with E-state index in [1.54, 1.807) is 6.07 Å². The van der Waals surface area contributed by atoms with Crippen LogP contribution in [-0.2, 0) is 0 Å². The molecule has 0 unspecified atom stereocenters. The molecule has 5 nitrogen and oxygen atoms in total. The maximum absolute atomic E-state index is 12.1. The number of fused-ring (bicyclic) bond motifs is 1. The fraction of sp³-hybridized carbons (Fsp3) is 0. The van der Waals surface area contributed by atoms with E-state index in [9.17, 15) is 4.79 Å². The van der Waals surface area contributed by atoms with Crippen LogP contribution in [0.4, 0.5) is 5.69 Å². The van der Waals surface area contributed by atoms with Gasteiger partial charge in [0.1, 0.15) is 0 Å². The number of H-pyrrole nitrogens is 1. The number of nitrogens with two attached hydrogens (primary N) is 1. The second-order valence-corrected chi connectivity index (χ2v) is 5.29. The number of para-hydroxylation sites is 2. The molecule has 0 saturated heterocycles. The Kier molecular flexibility index (Phi) is 4.16. The summed E-state index contributed by atoms with van der Waals surface area (Å²) in [7, 11) is 0. The van der Waals surface area contributed by atoms with E-state index >= 15 is 0 Å². The van der Waals surface area contributed by atoms with Crippen LogP contribution in [0.15, 0.2) is 70.6 Å². The first kappa shape index (κ1) is 14.9. The molecule has 23 heavy (non-hydrogen) atoms. The van der Waals surface area contributed by atoms with Gasteiger partial charge in [0.25, 0.3) is 5.56 Å². The van der Waals surface area contributed by atoms with E-state index in [0.29, 0.717) is 5.56 Å². The Morgan fingerprint density at radius 3 is 2.57 bits per heavy atom. The van der Waals surface area contributed by atoms with Crippen molar-refractivity contribution in [3.05, 3.63) is 76.6 Å². The third-order valence-electron chi connectivity index (χ3n) is 3.30. The summed E-state index contributed by atoms with van der Waals surface area (Å²) >= 11 is 5.03. The predicted octanol–water partition coefficient (Wildman–Crippen LogP) is 2.61. The fourth-order valence-electron chi connectivity index (χ4n) is 2.20. The van der Waals surface area contributed by atoms with E-state index in [1.165, 1.54) is 11.2 Å². The minimum Gasteiger partial charge on any atom is -0.374 e. The molecule has 3 rings (SSSR count). The Labute approximate surface area is 138 Å². The van der Waals surface area contributed by atoms with Gasteiger partial charge in [-0.3, -0.25) is 4.79 Å².